The summed E-state index contributed by atoms with van der Waals surface area (Å²) in [5.74, 6) is -0.876. The molecule has 0 bridgehead atoms. The molecule has 2 aromatic rings. The number of carbonyl (C=O) groups is 1. The molecule has 0 atom stereocenters. The summed E-state index contributed by atoms with van der Waals surface area (Å²) in [4.78, 5) is 11.4. The second kappa shape index (κ2) is 6.05. The van der Waals surface area contributed by atoms with E-state index >= 15 is 0 Å². The SMILES string of the molecule is O=C(O)c1nnn(Cc2ccccc2)c1C1CCOCC1. The lowest BCUT2D eigenvalue weighted by atomic mass is 9.94. The molecule has 0 amide bonds. The highest BCUT2D eigenvalue weighted by Crippen LogP contribution is 2.29. The summed E-state index contributed by atoms with van der Waals surface area (Å²) in [6.45, 7) is 1.84. The summed E-state index contributed by atoms with van der Waals surface area (Å²) in [5.41, 5.74) is 1.86. The van der Waals surface area contributed by atoms with Crippen molar-refractivity contribution in [1.29, 1.82) is 0 Å². The Morgan fingerprint density at radius 3 is 2.67 bits per heavy atom. The third kappa shape index (κ3) is 2.95. The zero-order valence-corrected chi connectivity index (χ0v) is 11.6. The van der Waals surface area contributed by atoms with Gasteiger partial charge >= 0.3 is 5.97 Å². The molecule has 1 aromatic heterocycles. The fourth-order valence-corrected chi connectivity index (χ4v) is 2.72. The highest BCUT2D eigenvalue weighted by atomic mass is 16.5. The van der Waals surface area contributed by atoms with Crippen LogP contribution in [0.1, 0.15) is 40.5 Å². The van der Waals surface area contributed by atoms with Crippen LogP contribution in [0.2, 0.25) is 0 Å². The number of aromatic carboxylic acids is 1. The monoisotopic (exact) mass is 287 g/mol. The standard InChI is InChI=1S/C15H17N3O3/c19-15(20)13-14(12-6-8-21-9-7-12)18(17-16-13)10-11-4-2-1-3-5-11/h1-5,12H,6-10H2,(H,19,20). The minimum atomic E-state index is -1.02. The molecular weight excluding hydrogens is 270 g/mol. The Bertz CT molecular complexity index is 618. The summed E-state index contributed by atoms with van der Waals surface area (Å²) in [5, 5.41) is 17.2. The number of carboxylic acid groups (broad SMARTS) is 1. The molecule has 1 N–H and O–H groups in total. The third-order valence-corrected chi connectivity index (χ3v) is 3.76. The fraction of sp³-hybridized carbons (Fsp3) is 0.400. The molecule has 1 fully saturated rings. The van der Waals surface area contributed by atoms with Crippen LogP contribution in [0.3, 0.4) is 0 Å². The van der Waals surface area contributed by atoms with Gasteiger partial charge in [-0.3, -0.25) is 0 Å². The summed E-state index contributed by atoms with van der Waals surface area (Å²) in [6.07, 6.45) is 1.62. The molecule has 3 rings (SSSR count). The van der Waals surface area contributed by atoms with Crippen molar-refractivity contribution in [3.8, 4) is 0 Å². The first kappa shape index (κ1) is 13.8. The van der Waals surface area contributed by atoms with Crippen molar-refractivity contribution in [3.05, 3.63) is 47.3 Å². The van der Waals surface area contributed by atoms with Gasteiger partial charge in [0, 0.05) is 19.1 Å². The van der Waals surface area contributed by atoms with Crippen molar-refractivity contribution in [2.24, 2.45) is 0 Å². The van der Waals surface area contributed by atoms with E-state index in [9.17, 15) is 9.90 Å². The number of hydrogen-bond acceptors (Lipinski definition) is 4. The van der Waals surface area contributed by atoms with Crippen LogP contribution in [-0.4, -0.2) is 39.3 Å². The molecule has 1 aliphatic heterocycles. The smallest absolute Gasteiger partial charge is 0.358 e. The summed E-state index contributed by atoms with van der Waals surface area (Å²) in [7, 11) is 0. The number of hydrogen-bond donors (Lipinski definition) is 1. The lowest BCUT2D eigenvalue weighted by molar-refractivity contribution is 0.0677. The van der Waals surface area contributed by atoms with Gasteiger partial charge in [-0.1, -0.05) is 35.5 Å². The normalized spacial score (nSPS) is 16.0. The molecule has 6 nitrogen and oxygen atoms in total. The van der Waals surface area contributed by atoms with Crippen LogP contribution < -0.4 is 0 Å². The van der Waals surface area contributed by atoms with Gasteiger partial charge in [0.05, 0.1) is 12.2 Å². The zero-order valence-electron chi connectivity index (χ0n) is 11.6. The average molecular weight is 287 g/mol. The number of ether oxygens (including phenoxy) is 1. The first-order valence-corrected chi connectivity index (χ1v) is 7.04. The Hall–Kier alpha value is -2.21. The van der Waals surface area contributed by atoms with Gasteiger partial charge in [0.25, 0.3) is 0 Å². The van der Waals surface area contributed by atoms with Crippen molar-refractivity contribution in [3.63, 3.8) is 0 Å². The number of aromatic nitrogens is 3. The van der Waals surface area contributed by atoms with Gasteiger partial charge in [-0.2, -0.15) is 0 Å². The molecule has 6 heteroatoms. The van der Waals surface area contributed by atoms with Crippen LogP contribution in [-0.2, 0) is 11.3 Å². The summed E-state index contributed by atoms with van der Waals surface area (Å²) in [6, 6.07) is 9.86. The molecule has 0 radical (unpaired) electrons. The van der Waals surface area contributed by atoms with E-state index < -0.39 is 5.97 Å². The Morgan fingerprint density at radius 1 is 1.29 bits per heavy atom. The first-order chi connectivity index (χ1) is 10.3. The predicted molar refractivity (Wildman–Crippen MR) is 75.3 cm³/mol. The van der Waals surface area contributed by atoms with Gasteiger partial charge in [-0.25, -0.2) is 9.48 Å². The van der Waals surface area contributed by atoms with Gasteiger partial charge in [-0.15, -0.1) is 5.10 Å². The zero-order chi connectivity index (χ0) is 14.7. The van der Waals surface area contributed by atoms with E-state index in [0.717, 1.165) is 24.1 Å². The minimum absolute atomic E-state index is 0.0674. The molecule has 0 spiro atoms. The number of rotatable bonds is 4. The van der Waals surface area contributed by atoms with E-state index in [1.807, 2.05) is 30.3 Å². The quantitative estimate of drug-likeness (QED) is 0.929. The van der Waals surface area contributed by atoms with E-state index in [1.165, 1.54) is 0 Å². The second-order valence-electron chi connectivity index (χ2n) is 5.16. The number of nitrogens with zero attached hydrogens (tertiary/aromatic N) is 3. The van der Waals surface area contributed by atoms with E-state index in [-0.39, 0.29) is 11.6 Å². The topological polar surface area (TPSA) is 77.2 Å². The molecule has 1 saturated heterocycles. The fourth-order valence-electron chi connectivity index (χ4n) is 2.72. The second-order valence-corrected chi connectivity index (χ2v) is 5.16. The van der Waals surface area contributed by atoms with Crippen LogP contribution in [0.5, 0.6) is 0 Å². The maximum Gasteiger partial charge on any atom is 0.358 e. The van der Waals surface area contributed by atoms with Crippen molar-refractivity contribution in [2.75, 3.05) is 13.2 Å². The molecule has 0 aliphatic carbocycles. The Morgan fingerprint density at radius 2 is 2.00 bits per heavy atom. The molecule has 0 unspecified atom stereocenters. The Kier molecular flexibility index (Phi) is 3.96. The number of carboxylic acids is 1. The molecule has 21 heavy (non-hydrogen) atoms. The van der Waals surface area contributed by atoms with Crippen LogP contribution in [0.15, 0.2) is 30.3 Å². The van der Waals surface area contributed by atoms with Gasteiger partial charge in [0.15, 0.2) is 5.69 Å². The largest absolute Gasteiger partial charge is 0.476 e. The van der Waals surface area contributed by atoms with E-state index in [4.69, 9.17) is 4.74 Å². The maximum absolute atomic E-state index is 11.4. The van der Waals surface area contributed by atoms with Gasteiger partial charge in [0.1, 0.15) is 0 Å². The highest BCUT2D eigenvalue weighted by molar-refractivity contribution is 5.86. The van der Waals surface area contributed by atoms with Gasteiger partial charge in [-0.05, 0) is 18.4 Å². The third-order valence-electron chi connectivity index (χ3n) is 3.76. The van der Waals surface area contributed by atoms with Crippen molar-refractivity contribution >= 4 is 5.97 Å². The van der Waals surface area contributed by atoms with Crippen molar-refractivity contribution < 1.29 is 14.6 Å². The van der Waals surface area contributed by atoms with Crippen LogP contribution in [0, 0.1) is 0 Å². The van der Waals surface area contributed by atoms with Crippen molar-refractivity contribution in [1.82, 2.24) is 15.0 Å². The minimum Gasteiger partial charge on any atom is -0.476 e. The van der Waals surface area contributed by atoms with E-state index in [1.54, 1.807) is 4.68 Å². The molecule has 1 aliphatic rings. The Balaban J connectivity index is 1.94. The summed E-state index contributed by atoms with van der Waals surface area (Å²) >= 11 is 0. The Labute approximate surface area is 122 Å². The van der Waals surface area contributed by atoms with Crippen LogP contribution in [0.4, 0.5) is 0 Å². The van der Waals surface area contributed by atoms with E-state index in [2.05, 4.69) is 10.3 Å². The van der Waals surface area contributed by atoms with Crippen LogP contribution in [0.25, 0.3) is 0 Å². The average Bonchev–Trinajstić information content (AvgIpc) is 2.93. The van der Waals surface area contributed by atoms with Gasteiger partial charge in [0.2, 0.25) is 0 Å². The van der Waals surface area contributed by atoms with Crippen molar-refractivity contribution in [2.45, 2.75) is 25.3 Å². The van der Waals surface area contributed by atoms with E-state index in [0.29, 0.717) is 19.8 Å². The highest BCUT2D eigenvalue weighted by Gasteiger charge is 2.28. The summed E-state index contributed by atoms with van der Waals surface area (Å²) < 4.78 is 7.08. The lowest BCUT2D eigenvalue weighted by Crippen LogP contribution is -2.20. The molecule has 0 saturated carbocycles. The van der Waals surface area contributed by atoms with Gasteiger partial charge < -0.3 is 9.84 Å². The predicted octanol–water partition coefficient (Wildman–Crippen LogP) is 1.92. The number of benzene rings is 1. The molecule has 2 heterocycles. The van der Waals surface area contributed by atoms with Crippen LogP contribution >= 0.6 is 0 Å². The maximum atomic E-state index is 11.4. The molecular formula is C15H17N3O3. The first-order valence-electron chi connectivity index (χ1n) is 7.04. The molecule has 1 aromatic carbocycles. The lowest BCUT2D eigenvalue weighted by Gasteiger charge is -2.23. The molecule has 110 valence electrons.